The minimum atomic E-state index is -3.08. The van der Waals surface area contributed by atoms with Crippen LogP contribution in [0.15, 0.2) is 61.1 Å². The van der Waals surface area contributed by atoms with Crippen molar-refractivity contribution in [3.05, 3.63) is 72.2 Å². The number of imidazole rings is 1. The van der Waals surface area contributed by atoms with Crippen molar-refractivity contribution in [1.29, 1.82) is 0 Å². The Bertz CT molecular complexity index is 1560. The predicted octanol–water partition coefficient (Wildman–Crippen LogP) is 3.84. The first-order chi connectivity index (χ1) is 18.6. The summed E-state index contributed by atoms with van der Waals surface area (Å²) in [6.45, 7) is -0.548. The first kappa shape index (κ1) is 27.9. The van der Waals surface area contributed by atoms with Crippen molar-refractivity contribution < 1.29 is 31.5 Å². The molecule has 0 aliphatic heterocycles. The molecule has 4 aromatic rings. The lowest BCUT2D eigenvalue weighted by molar-refractivity contribution is -0.0498. The van der Waals surface area contributed by atoms with Gasteiger partial charge in [-0.1, -0.05) is 0 Å². The zero-order valence-electron chi connectivity index (χ0n) is 21.2. The van der Waals surface area contributed by atoms with E-state index in [2.05, 4.69) is 25.3 Å². The first-order valence-corrected chi connectivity index (χ1v) is 14.0. The summed E-state index contributed by atoms with van der Waals surface area (Å²) in [6.07, 6.45) is 6.16. The molecule has 2 N–H and O–H groups in total. The molecule has 0 saturated heterocycles. The number of benzene rings is 2. The number of nitrogens with zero attached hydrogens (tertiary/aromatic N) is 3. The Kier molecular flexibility index (Phi) is 8.72. The summed E-state index contributed by atoms with van der Waals surface area (Å²) < 4.78 is 58.6. The number of aryl methyl sites for hydroxylation is 1. The van der Waals surface area contributed by atoms with E-state index in [1.165, 1.54) is 12.1 Å². The summed E-state index contributed by atoms with van der Waals surface area (Å²) in [5.74, 6) is 0.221. The van der Waals surface area contributed by atoms with Crippen LogP contribution in [-0.4, -0.2) is 67.1 Å². The molecule has 0 bridgehead atoms. The fourth-order valence-electron chi connectivity index (χ4n) is 3.81. The van der Waals surface area contributed by atoms with Crippen molar-refractivity contribution in [3.63, 3.8) is 0 Å². The van der Waals surface area contributed by atoms with Crippen molar-refractivity contribution in [2.45, 2.75) is 13.5 Å². The molecule has 1 amide bonds. The van der Waals surface area contributed by atoms with Gasteiger partial charge in [-0.25, -0.2) is 18.4 Å². The maximum Gasteiger partial charge on any atom is 0.387 e. The van der Waals surface area contributed by atoms with E-state index >= 15 is 0 Å². The molecule has 10 nitrogen and oxygen atoms in total. The highest BCUT2D eigenvalue weighted by Crippen LogP contribution is 2.27. The molecule has 0 aliphatic carbocycles. The number of fused-ring (bicyclic) bond motifs is 1. The van der Waals surface area contributed by atoms with Crippen molar-refractivity contribution >= 4 is 32.9 Å². The Morgan fingerprint density at radius 3 is 2.56 bits per heavy atom. The number of amides is 1. The van der Waals surface area contributed by atoms with Gasteiger partial charge in [0, 0.05) is 42.0 Å². The summed E-state index contributed by atoms with van der Waals surface area (Å²) in [6, 6.07) is 11.5. The van der Waals surface area contributed by atoms with Gasteiger partial charge in [-0.3, -0.25) is 9.20 Å². The quantitative estimate of drug-likeness (QED) is 0.251. The number of hydrogen-bond acceptors (Lipinski definition) is 8. The van der Waals surface area contributed by atoms with Gasteiger partial charge in [0.05, 0.1) is 30.9 Å². The van der Waals surface area contributed by atoms with Crippen LogP contribution in [0.5, 0.6) is 5.75 Å². The number of carbonyl (C=O) groups excluding carboxylic acids is 1. The van der Waals surface area contributed by atoms with Gasteiger partial charge >= 0.3 is 6.61 Å². The Balaban J connectivity index is 1.41. The van der Waals surface area contributed by atoms with Crippen molar-refractivity contribution in [3.8, 4) is 17.0 Å². The van der Waals surface area contributed by atoms with Gasteiger partial charge in [-0.15, -0.1) is 0 Å². The number of alkyl halides is 2. The maximum absolute atomic E-state index is 12.6. The molecule has 0 fully saturated rings. The Morgan fingerprint density at radius 1 is 1.10 bits per heavy atom. The number of nitrogens with one attached hydrogen (secondary N) is 2. The van der Waals surface area contributed by atoms with Crippen LogP contribution in [0.3, 0.4) is 0 Å². The molecule has 0 atom stereocenters. The van der Waals surface area contributed by atoms with Crippen LogP contribution in [0.25, 0.3) is 16.9 Å². The number of carbonyl (C=O) groups is 1. The van der Waals surface area contributed by atoms with Crippen LogP contribution in [0.2, 0.25) is 0 Å². The van der Waals surface area contributed by atoms with Crippen LogP contribution in [-0.2, 0) is 14.6 Å². The van der Waals surface area contributed by atoms with Gasteiger partial charge in [0.15, 0.2) is 11.5 Å². The van der Waals surface area contributed by atoms with E-state index in [1.807, 2.05) is 17.4 Å². The highest BCUT2D eigenvalue weighted by molar-refractivity contribution is 7.90. The van der Waals surface area contributed by atoms with Crippen molar-refractivity contribution in [2.24, 2.45) is 0 Å². The van der Waals surface area contributed by atoms with Crippen LogP contribution in [0, 0.1) is 6.92 Å². The van der Waals surface area contributed by atoms with Crippen LogP contribution in [0.1, 0.15) is 15.9 Å². The number of rotatable bonds is 12. The molecule has 0 spiro atoms. The molecule has 39 heavy (non-hydrogen) atoms. The molecule has 0 aliphatic rings. The molecule has 0 unspecified atom stereocenters. The number of anilines is 2. The fraction of sp³-hybridized carbons (Fsp3) is 0.269. The molecule has 2 aromatic heterocycles. The fourth-order valence-corrected chi connectivity index (χ4v) is 4.23. The lowest BCUT2D eigenvalue weighted by Crippen LogP contribution is -2.28. The van der Waals surface area contributed by atoms with Crippen LogP contribution in [0.4, 0.5) is 20.3 Å². The minimum absolute atomic E-state index is 0.0662. The molecule has 13 heteroatoms. The SMILES string of the molecule is Cc1cc(Nc2nccn3c(-c4ccc(OC(F)F)cc4)cnc23)ccc1C(=O)NCCOCCS(C)(=O)=O. The van der Waals surface area contributed by atoms with E-state index in [0.717, 1.165) is 23.1 Å². The van der Waals surface area contributed by atoms with Gasteiger partial charge in [0.2, 0.25) is 0 Å². The average Bonchev–Trinajstić information content (AvgIpc) is 3.31. The Morgan fingerprint density at radius 2 is 1.87 bits per heavy atom. The summed E-state index contributed by atoms with van der Waals surface area (Å²) in [5, 5.41) is 5.99. The second-order valence-electron chi connectivity index (χ2n) is 8.67. The molecule has 4 rings (SSSR count). The number of sulfone groups is 1. The highest BCUT2D eigenvalue weighted by Gasteiger charge is 2.14. The summed E-state index contributed by atoms with van der Waals surface area (Å²) >= 11 is 0. The van der Waals surface area contributed by atoms with Crippen molar-refractivity contribution in [2.75, 3.05) is 37.1 Å². The zero-order chi connectivity index (χ0) is 28.0. The normalized spacial score (nSPS) is 11.6. The predicted molar refractivity (Wildman–Crippen MR) is 142 cm³/mol. The van der Waals surface area contributed by atoms with Gasteiger partial charge < -0.3 is 20.1 Å². The van der Waals surface area contributed by atoms with Crippen LogP contribution < -0.4 is 15.4 Å². The largest absolute Gasteiger partial charge is 0.435 e. The lowest BCUT2D eigenvalue weighted by Gasteiger charge is -2.12. The first-order valence-electron chi connectivity index (χ1n) is 11.9. The third kappa shape index (κ3) is 7.48. The molecular formula is C26H27F2N5O5S. The topological polar surface area (TPSA) is 124 Å². The number of ether oxygens (including phenoxy) is 2. The Labute approximate surface area is 223 Å². The average molecular weight is 560 g/mol. The summed E-state index contributed by atoms with van der Waals surface area (Å²) in [4.78, 5) is 21.4. The maximum atomic E-state index is 12.6. The standard InChI is InChI=1S/C26H27F2N5O5S/c1-17-15-19(5-8-21(17)25(34)30-10-12-37-13-14-39(2,35)36)32-23-24-31-16-22(33(24)11-9-29-23)18-3-6-20(7-4-18)38-26(27)28/h3-9,11,15-16,26H,10,12-14H2,1-2H3,(H,29,32)(H,30,34). The Hall–Kier alpha value is -4.10. The number of hydrogen-bond donors (Lipinski definition) is 2. The van der Waals surface area contributed by atoms with E-state index in [-0.39, 0.29) is 37.2 Å². The van der Waals surface area contributed by atoms with Crippen molar-refractivity contribution in [1.82, 2.24) is 19.7 Å². The summed E-state index contributed by atoms with van der Waals surface area (Å²) in [7, 11) is -3.08. The molecular weight excluding hydrogens is 532 g/mol. The van der Waals surface area contributed by atoms with E-state index in [0.29, 0.717) is 22.7 Å². The van der Waals surface area contributed by atoms with Crippen LogP contribution >= 0.6 is 0 Å². The van der Waals surface area contributed by atoms with Gasteiger partial charge in [0.1, 0.15) is 15.6 Å². The molecule has 206 valence electrons. The molecule has 0 radical (unpaired) electrons. The van der Waals surface area contributed by atoms with E-state index in [9.17, 15) is 22.0 Å². The second kappa shape index (κ2) is 12.2. The lowest BCUT2D eigenvalue weighted by atomic mass is 10.1. The molecule has 0 saturated carbocycles. The number of halogens is 2. The monoisotopic (exact) mass is 559 g/mol. The zero-order valence-corrected chi connectivity index (χ0v) is 22.0. The minimum Gasteiger partial charge on any atom is -0.435 e. The van der Waals surface area contributed by atoms with E-state index < -0.39 is 16.4 Å². The van der Waals surface area contributed by atoms with Gasteiger partial charge in [-0.05, 0) is 55.0 Å². The van der Waals surface area contributed by atoms with E-state index in [4.69, 9.17) is 4.74 Å². The molecule has 2 aromatic carbocycles. The van der Waals surface area contributed by atoms with Gasteiger partial charge in [-0.2, -0.15) is 8.78 Å². The highest BCUT2D eigenvalue weighted by atomic mass is 32.2. The van der Waals surface area contributed by atoms with Gasteiger partial charge in [0.25, 0.3) is 5.91 Å². The second-order valence-corrected chi connectivity index (χ2v) is 10.9. The summed E-state index contributed by atoms with van der Waals surface area (Å²) in [5.41, 5.74) is 3.97. The third-order valence-electron chi connectivity index (χ3n) is 5.67. The van der Waals surface area contributed by atoms with E-state index in [1.54, 1.807) is 42.9 Å². The molecule has 2 heterocycles. The number of aromatic nitrogens is 3. The third-order valence-corrected chi connectivity index (χ3v) is 6.58. The smallest absolute Gasteiger partial charge is 0.387 e.